The van der Waals surface area contributed by atoms with Crippen molar-refractivity contribution < 1.29 is 4.79 Å². The number of carbonyl (C=O) groups is 1. The van der Waals surface area contributed by atoms with Crippen LogP contribution in [0.5, 0.6) is 0 Å². The second kappa shape index (κ2) is 9.85. The maximum Gasteiger partial charge on any atom is 0.270 e. The van der Waals surface area contributed by atoms with Gasteiger partial charge in [-0.1, -0.05) is 83.9 Å². The SMILES string of the molecule is Cn1c(C(=O)N2CCC(C#N)(c3ccccc3)CC2)cc(-c2ccccc2Cl)c1-c1ccc(Cl)cc1. The van der Waals surface area contributed by atoms with Crippen LogP contribution in [0.15, 0.2) is 84.9 Å². The Balaban J connectivity index is 1.51. The van der Waals surface area contributed by atoms with Crippen molar-refractivity contribution >= 4 is 29.1 Å². The van der Waals surface area contributed by atoms with Gasteiger partial charge in [0.05, 0.1) is 17.2 Å². The maximum absolute atomic E-state index is 13.8. The molecule has 1 aromatic heterocycles. The molecule has 1 amide bonds. The van der Waals surface area contributed by atoms with E-state index >= 15 is 0 Å². The van der Waals surface area contributed by atoms with Crippen molar-refractivity contribution in [1.29, 1.82) is 5.26 Å². The van der Waals surface area contributed by atoms with Crippen molar-refractivity contribution in [2.45, 2.75) is 18.3 Å². The van der Waals surface area contributed by atoms with Crippen molar-refractivity contribution in [3.8, 4) is 28.5 Å². The zero-order valence-corrected chi connectivity index (χ0v) is 21.4. The van der Waals surface area contributed by atoms with E-state index in [1.165, 1.54) is 0 Å². The van der Waals surface area contributed by atoms with Gasteiger partial charge in [0.2, 0.25) is 0 Å². The molecule has 5 rings (SSSR count). The highest BCUT2D eigenvalue weighted by atomic mass is 35.5. The Hall–Kier alpha value is -3.52. The summed E-state index contributed by atoms with van der Waals surface area (Å²) in [6.07, 6.45) is 1.20. The molecule has 3 aromatic carbocycles. The molecule has 0 bridgehead atoms. The number of likely N-dealkylation sites (tertiary alicyclic amines) is 1. The molecular formula is C30H25Cl2N3O. The van der Waals surface area contributed by atoms with Gasteiger partial charge < -0.3 is 9.47 Å². The third-order valence-electron chi connectivity index (χ3n) is 7.18. The molecule has 4 aromatic rings. The lowest BCUT2D eigenvalue weighted by Gasteiger charge is -2.37. The summed E-state index contributed by atoms with van der Waals surface area (Å²) in [6, 6.07) is 29.6. The first-order chi connectivity index (χ1) is 17.4. The van der Waals surface area contributed by atoms with E-state index in [1.807, 2.05) is 101 Å². The van der Waals surface area contributed by atoms with E-state index in [2.05, 4.69) is 6.07 Å². The highest BCUT2D eigenvalue weighted by molar-refractivity contribution is 6.33. The first-order valence-electron chi connectivity index (χ1n) is 11.9. The Morgan fingerprint density at radius 2 is 1.53 bits per heavy atom. The lowest BCUT2D eigenvalue weighted by atomic mass is 9.74. The van der Waals surface area contributed by atoms with E-state index in [1.54, 1.807) is 0 Å². The summed E-state index contributed by atoms with van der Waals surface area (Å²) >= 11 is 12.7. The minimum atomic E-state index is -0.566. The average Bonchev–Trinajstić information content (AvgIpc) is 3.26. The molecule has 6 heteroatoms. The summed E-state index contributed by atoms with van der Waals surface area (Å²) in [6.45, 7) is 1.04. The largest absolute Gasteiger partial charge is 0.339 e. The van der Waals surface area contributed by atoms with E-state index < -0.39 is 5.41 Å². The van der Waals surface area contributed by atoms with Crippen LogP contribution in [0.25, 0.3) is 22.4 Å². The van der Waals surface area contributed by atoms with Crippen LogP contribution >= 0.6 is 23.2 Å². The molecule has 0 atom stereocenters. The summed E-state index contributed by atoms with van der Waals surface area (Å²) in [5.41, 5.74) is 4.64. The number of nitrogens with zero attached hydrogens (tertiary/aromatic N) is 3. The van der Waals surface area contributed by atoms with E-state index in [9.17, 15) is 10.1 Å². The molecule has 0 saturated carbocycles. The number of rotatable bonds is 4. The van der Waals surface area contributed by atoms with Crippen LogP contribution in [-0.4, -0.2) is 28.5 Å². The number of hydrogen-bond acceptors (Lipinski definition) is 2. The number of hydrogen-bond donors (Lipinski definition) is 0. The third kappa shape index (κ3) is 4.30. The monoisotopic (exact) mass is 513 g/mol. The number of piperidine rings is 1. The van der Waals surface area contributed by atoms with Gasteiger partial charge in [-0.15, -0.1) is 0 Å². The van der Waals surface area contributed by atoms with E-state index in [0.717, 1.165) is 27.9 Å². The van der Waals surface area contributed by atoms with Crippen LogP contribution in [0.4, 0.5) is 0 Å². The van der Waals surface area contributed by atoms with Crippen molar-refractivity contribution in [2.24, 2.45) is 7.05 Å². The van der Waals surface area contributed by atoms with Crippen LogP contribution in [0.1, 0.15) is 28.9 Å². The predicted octanol–water partition coefficient (Wildman–Crippen LogP) is 7.36. The number of aromatic nitrogens is 1. The second-order valence-corrected chi connectivity index (χ2v) is 10.0. The molecule has 0 N–H and O–H groups in total. The normalized spacial score (nSPS) is 14.9. The minimum Gasteiger partial charge on any atom is -0.339 e. The van der Waals surface area contributed by atoms with Gasteiger partial charge in [0.25, 0.3) is 5.91 Å². The van der Waals surface area contributed by atoms with Gasteiger partial charge in [-0.3, -0.25) is 4.79 Å². The summed E-state index contributed by atoms with van der Waals surface area (Å²) in [5, 5.41) is 11.3. The minimum absolute atomic E-state index is 0.0504. The first kappa shape index (κ1) is 24.2. The molecule has 180 valence electrons. The first-order valence-corrected chi connectivity index (χ1v) is 12.7. The number of benzene rings is 3. The molecule has 0 spiro atoms. The standard InChI is InChI=1S/C30H25Cl2N3O/c1-34-27(29(36)35-17-15-30(20-33,16-18-35)22-7-3-2-4-8-22)19-25(24-9-5-6-10-26(24)32)28(34)21-11-13-23(31)14-12-21/h2-14,19H,15-18H2,1H3. The number of amides is 1. The Morgan fingerprint density at radius 3 is 2.17 bits per heavy atom. The van der Waals surface area contributed by atoms with E-state index in [-0.39, 0.29) is 5.91 Å². The Labute approximate surface area is 221 Å². The zero-order chi connectivity index (χ0) is 25.3. The zero-order valence-electron chi connectivity index (χ0n) is 19.9. The van der Waals surface area contributed by atoms with E-state index in [4.69, 9.17) is 23.2 Å². The van der Waals surface area contributed by atoms with Crippen LogP contribution in [-0.2, 0) is 12.5 Å². The number of halogens is 2. The molecule has 0 unspecified atom stereocenters. The quantitative estimate of drug-likeness (QED) is 0.286. The van der Waals surface area contributed by atoms with Crippen molar-refractivity contribution in [2.75, 3.05) is 13.1 Å². The molecule has 1 fully saturated rings. The van der Waals surface area contributed by atoms with Gasteiger partial charge in [-0.2, -0.15) is 5.26 Å². The maximum atomic E-state index is 13.8. The molecule has 2 heterocycles. The third-order valence-corrected chi connectivity index (χ3v) is 7.76. The van der Waals surface area contributed by atoms with Gasteiger partial charge in [-0.25, -0.2) is 0 Å². The fraction of sp³-hybridized carbons (Fsp3) is 0.200. The highest BCUT2D eigenvalue weighted by Gasteiger charge is 2.38. The number of nitriles is 1. The Morgan fingerprint density at radius 1 is 0.889 bits per heavy atom. The van der Waals surface area contributed by atoms with E-state index in [0.29, 0.717) is 41.7 Å². The van der Waals surface area contributed by atoms with Crippen LogP contribution < -0.4 is 0 Å². The summed E-state index contributed by atoms with van der Waals surface area (Å²) in [5.74, 6) is -0.0504. The van der Waals surface area contributed by atoms with Gasteiger partial charge in [0.15, 0.2) is 0 Å². The fourth-order valence-corrected chi connectivity index (χ4v) is 5.49. The molecule has 0 aliphatic carbocycles. The molecule has 36 heavy (non-hydrogen) atoms. The van der Waals surface area contributed by atoms with Gasteiger partial charge in [0, 0.05) is 41.3 Å². The van der Waals surface area contributed by atoms with Crippen molar-refractivity contribution in [3.63, 3.8) is 0 Å². The van der Waals surface area contributed by atoms with Crippen molar-refractivity contribution in [1.82, 2.24) is 9.47 Å². The lowest BCUT2D eigenvalue weighted by Crippen LogP contribution is -2.45. The molecule has 1 saturated heterocycles. The smallest absolute Gasteiger partial charge is 0.270 e. The Bertz CT molecular complexity index is 1440. The molecular weight excluding hydrogens is 489 g/mol. The summed E-state index contributed by atoms with van der Waals surface area (Å²) in [7, 11) is 1.91. The van der Waals surface area contributed by atoms with Crippen LogP contribution in [0, 0.1) is 11.3 Å². The predicted molar refractivity (Wildman–Crippen MR) is 145 cm³/mol. The lowest BCUT2D eigenvalue weighted by molar-refractivity contribution is 0.0682. The molecule has 1 aliphatic heterocycles. The summed E-state index contributed by atoms with van der Waals surface area (Å²) < 4.78 is 1.94. The fourth-order valence-electron chi connectivity index (χ4n) is 5.13. The van der Waals surface area contributed by atoms with Crippen molar-refractivity contribution in [3.05, 3.63) is 106 Å². The summed E-state index contributed by atoms with van der Waals surface area (Å²) in [4.78, 5) is 15.6. The van der Waals surface area contributed by atoms with Gasteiger partial charge in [-0.05, 0) is 48.2 Å². The topological polar surface area (TPSA) is 49.0 Å². The van der Waals surface area contributed by atoms with Gasteiger partial charge >= 0.3 is 0 Å². The van der Waals surface area contributed by atoms with Gasteiger partial charge in [0.1, 0.15) is 5.69 Å². The molecule has 0 radical (unpaired) electrons. The average molecular weight is 514 g/mol. The number of carbonyl (C=O) groups excluding carboxylic acids is 1. The molecule has 4 nitrogen and oxygen atoms in total. The Kier molecular flexibility index (Phi) is 6.62. The van der Waals surface area contributed by atoms with Crippen LogP contribution in [0.2, 0.25) is 10.0 Å². The molecule has 1 aliphatic rings. The van der Waals surface area contributed by atoms with Crippen LogP contribution in [0.3, 0.4) is 0 Å². The second-order valence-electron chi connectivity index (χ2n) is 9.19. The highest BCUT2D eigenvalue weighted by Crippen LogP contribution is 2.40.